The Hall–Kier alpha value is -1.84. The van der Waals surface area contributed by atoms with E-state index in [1.54, 1.807) is 0 Å². The maximum absolute atomic E-state index is 12.1. The van der Waals surface area contributed by atoms with E-state index >= 15 is 0 Å². The molecule has 3 atom stereocenters. The van der Waals surface area contributed by atoms with Crippen molar-refractivity contribution in [3.8, 4) is 6.07 Å². The van der Waals surface area contributed by atoms with Gasteiger partial charge < -0.3 is 14.5 Å². The average Bonchev–Trinajstić information content (AvgIpc) is 3.15. The van der Waals surface area contributed by atoms with Crippen molar-refractivity contribution in [1.82, 2.24) is 5.32 Å². The van der Waals surface area contributed by atoms with Crippen LogP contribution in [0.2, 0.25) is 18.1 Å². The Labute approximate surface area is 176 Å². The number of nitriles is 1. The minimum atomic E-state index is -1.80. The number of nitrogens with one attached hydrogen (secondary N) is 1. The Balaban J connectivity index is 2.13. The second-order valence-corrected chi connectivity index (χ2v) is 14.6. The smallest absolute Gasteiger partial charge is 0.408 e. The van der Waals surface area contributed by atoms with Crippen molar-refractivity contribution < 1.29 is 14.0 Å². The van der Waals surface area contributed by atoms with Gasteiger partial charge in [-0.1, -0.05) is 51.1 Å². The fraction of sp³-hybridized carbons (Fsp3) is 0.652. The van der Waals surface area contributed by atoms with Crippen LogP contribution < -0.4 is 5.32 Å². The molecule has 0 saturated heterocycles. The van der Waals surface area contributed by atoms with E-state index in [1.807, 2.05) is 30.3 Å². The minimum absolute atomic E-state index is 0.00183. The van der Waals surface area contributed by atoms with Gasteiger partial charge in [0.25, 0.3) is 0 Å². The zero-order valence-electron chi connectivity index (χ0n) is 18.7. The van der Waals surface area contributed by atoms with Crippen LogP contribution in [0.15, 0.2) is 30.3 Å². The van der Waals surface area contributed by atoms with Gasteiger partial charge in [-0.3, -0.25) is 0 Å². The summed E-state index contributed by atoms with van der Waals surface area (Å²) in [4.78, 5) is 12.1. The number of carbonyl (C=O) groups excluding carboxylic acids is 1. The Bertz CT molecular complexity index is 724. The second-order valence-electron chi connectivity index (χ2n) is 9.75. The molecule has 5 nitrogen and oxygen atoms in total. The van der Waals surface area contributed by atoms with Gasteiger partial charge in [0.15, 0.2) is 8.32 Å². The molecule has 29 heavy (non-hydrogen) atoms. The fourth-order valence-electron chi connectivity index (χ4n) is 3.73. The summed E-state index contributed by atoms with van der Waals surface area (Å²) in [5, 5.41) is 12.8. The number of alkyl carbamates (subject to hydrolysis) is 1. The molecular formula is C23H36N2O3Si. The first-order valence-corrected chi connectivity index (χ1v) is 13.4. The minimum Gasteiger partial charge on any atom is -0.427 e. The number of hydrogen-bond acceptors (Lipinski definition) is 4. The summed E-state index contributed by atoms with van der Waals surface area (Å²) in [6.45, 7) is 12.0. The Morgan fingerprint density at radius 1 is 1.24 bits per heavy atom. The van der Waals surface area contributed by atoms with Gasteiger partial charge >= 0.3 is 6.09 Å². The number of benzene rings is 1. The quantitative estimate of drug-likeness (QED) is 0.613. The van der Waals surface area contributed by atoms with E-state index in [1.165, 1.54) is 7.05 Å². The first-order chi connectivity index (χ1) is 13.5. The van der Waals surface area contributed by atoms with Gasteiger partial charge in [-0.2, -0.15) is 5.26 Å². The van der Waals surface area contributed by atoms with Gasteiger partial charge in [-0.25, -0.2) is 4.79 Å². The lowest BCUT2D eigenvalue weighted by Gasteiger charge is -2.37. The molecule has 3 unspecified atom stereocenters. The molecule has 1 amide bonds. The van der Waals surface area contributed by atoms with Crippen LogP contribution in [-0.4, -0.2) is 33.7 Å². The number of amides is 1. The molecule has 0 radical (unpaired) electrons. The summed E-state index contributed by atoms with van der Waals surface area (Å²) in [6, 6.07) is 12.2. The normalized spacial score (nSPS) is 21.8. The monoisotopic (exact) mass is 416 g/mol. The number of ether oxygens (including phenoxy) is 1. The molecule has 1 N–H and O–H groups in total. The Morgan fingerprint density at radius 2 is 1.90 bits per heavy atom. The van der Waals surface area contributed by atoms with E-state index < -0.39 is 20.0 Å². The van der Waals surface area contributed by atoms with E-state index in [0.717, 1.165) is 31.4 Å². The second kappa shape index (κ2) is 9.31. The summed E-state index contributed by atoms with van der Waals surface area (Å²) in [5.41, 5.74) is -0.161. The highest BCUT2D eigenvalue weighted by molar-refractivity contribution is 6.74. The lowest BCUT2D eigenvalue weighted by atomic mass is 9.81. The van der Waals surface area contributed by atoms with Crippen LogP contribution in [0, 0.1) is 23.2 Å². The zero-order valence-corrected chi connectivity index (χ0v) is 19.7. The molecule has 0 spiro atoms. The third-order valence-electron chi connectivity index (χ3n) is 6.66. The topological polar surface area (TPSA) is 71.3 Å². The van der Waals surface area contributed by atoms with Crippen molar-refractivity contribution in [3.05, 3.63) is 35.9 Å². The molecule has 1 saturated carbocycles. The zero-order chi connectivity index (χ0) is 21.7. The van der Waals surface area contributed by atoms with Crippen molar-refractivity contribution in [3.63, 3.8) is 0 Å². The fourth-order valence-corrected chi connectivity index (χ4v) is 4.81. The largest absolute Gasteiger partial charge is 0.427 e. The molecular weight excluding hydrogens is 380 g/mol. The van der Waals surface area contributed by atoms with Gasteiger partial charge in [0.2, 0.25) is 5.60 Å². The van der Waals surface area contributed by atoms with Gasteiger partial charge in [-0.15, -0.1) is 0 Å². The molecule has 160 valence electrons. The van der Waals surface area contributed by atoms with Gasteiger partial charge in [0.05, 0.1) is 0 Å². The predicted molar refractivity (Wildman–Crippen MR) is 118 cm³/mol. The summed E-state index contributed by atoms with van der Waals surface area (Å²) >= 11 is 0. The summed E-state index contributed by atoms with van der Waals surface area (Å²) in [6.07, 6.45) is 2.55. The molecule has 0 bridgehead atoms. The van der Waals surface area contributed by atoms with Crippen LogP contribution in [0.25, 0.3) is 0 Å². The lowest BCUT2D eigenvalue weighted by Crippen LogP contribution is -2.45. The molecule has 1 aromatic rings. The Kier molecular flexibility index (Phi) is 7.53. The SMILES string of the molecule is CNC(=O)OC(C#N)(Cc1ccccc1)C1CCC(CO[Si](C)(C)C(C)(C)C)C1. The number of carbonyl (C=O) groups is 1. The molecule has 0 aromatic heterocycles. The lowest BCUT2D eigenvalue weighted by molar-refractivity contribution is 0.00953. The number of hydrogen-bond donors (Lipinski definition) is 1. The van der Waals surface area contributed by atoms with Crippen molar-refractivity contribution in [2.45, 2.75) is 70.2 Å². The molecule has 0 aliphatic heterocycles. The van der Waals surface area contributed by atoms with E-state index in [9.17, 15) is 10.1 Å². The summed E-state index contributed by atoms with van der Waals surface area (Å²) < 4.78 is 12.2. The predicted octanol–water partition coefficient (Wildman–Crippen LogP) is 5.29. The Morgan fingerprint density at radius 3 is 2.45 bits per heavy atom. The molecule has 1 aliphatic rings. The third kappa shape index (κ3) is 5.83. The van der Waals surface area contributed by atoms with Crippen LogP contribution >= 0.6 is 0 Å². The summed E-state index contributed by atoms with van der Waals surface area (Å²) in [5.74, 6) is 0.393. The number of rotatable bonds is 7. The molecule has 1 aliphatic carbocycles. The van der Waals surface area contributed by atoms with E-state index in [0.29, 0.717) is 12.3 Å². The maximum atomic E-state index is 12.1. The molecule has 1 aromatic carbocycles. The first kappa shape index (κ1) is 23.4. The highest BCUT2D eigenvalue weighted by Crippen LogP contribution is 2.43. The highest BCUT2D eigenvalue weighted by atomic mass is 28.4. The van der Waals surface area contributed by atoms with Crippen LogP contribution in [0.5, 0.6) is 0 Å². The van der Waals surface area contributed by atoms with E-state index in [-0.39, 0.29) is 11.0 Å². The third-order valence-corrected chi connectivity index (χ3v) is 11.2. The van der Waals surface area contributed by atoms with Crippen LogP contribution in [0.1, 0.15) is 45.6 Å². The molecule has 6 heteroatoms. The maximum Gasteiger partial charge on any atom is 0.408 e. The molecule has 2 rings (SSSR count). The molecule has 1 fully saturated rings. The van der Waals surface area contributed by atoms with Crippen molar-refractivity contribution in [2.24, 2.45) is 11.8 Å². The first-order valence-electron chi connectivity index (χ1n) is 10.5. The van der Waals surface area contributed by atoms with Gasteiger partial charge in [0, 0.05) is 26.0 Å². The van der Waals surface area contributed by atoms with E-state index in [4.69, 9.17) is 9.16 Å². The molecule has 0 heterocycles. The van der Waals surface area contributed by atoms with E-state index in [2.05, 4.69) is 45.3 Å². The van der Waals surface area contributed by atoms with Gasteiger partial charge in [0.1, 0.15) is 6.07 Å². The van der Waals surface area contributed by atoms with Crippen LogP contribution in [0.4, 0.5) is 4.79 Å². The van der Waals surface area contributed by atoms with Crippen molar-refractivity contribution in [2.75, 3.05) is 13.7 Å². The number of nitrogens with zero attached hydrogens (tertiary/aromatic N) is 1. The van der Waals surface area contributed by atoms with Gasteiger partial charge in [-0.05, 0) is 48.9 Å². The van der Waals surface area contributed by atoms with Crippen LogP contribution in [0.3, 0.4) is 0 Å². The van der Waals surface area contributed by atoms with Crippen molar-refractivity contribution in [1.29, 1.82) is 5.26 Å². The highest BCUT2D eigenvalue weighted by Gasteiger charge is 2.47. The van der Waals surface area contributed by atoms with Crippen LogP contribution in [-0.2, 0) is 15.6 Å². The summed E-state index contributed by atoms with van der Waals surface area (Å²) in [7, 11) is -0.277. The average molecular weight is 417 g/mol. The van der Waals surface area contributed by atoms with Crippen molar-refractivity contribution >= 4 is 14.4 Å². The standard InChI is InChI=1S/C23H36N2O3Si/c1-22(2,3)29(5,6)27-16-19-12-13-20(14-19)23(17-24,28-21(26)25-4)15-18-10-8-7-9-11-18/h7-11,19-20H,12-16H2,1-6H3,(H,25,26).